The number of hydrogen-bond acceptors (Lipinski definition) is 6. The Balaban J connectivity index is 1.52. The monoisotopic (exact) mass is 449 g/mol. The lowest BCUT2D eigenvalue weighted by molar-refractivity contribution is 0.0954. The van der Waals surface area contributed by atoms with E-state index in [1.54, 1.807) is 0 Å². The molecule has 32 heavy (non-hydrogen) atoms. The van der Waals surface area contributed by atoms with E-state index in [-0.39, 0.29) is 11.3 Å². The van der Waals surface area contributed by atoms with Gasteiger partial charge in [-0.05, 0) is 53.8 Å². The highest BCUT2D eigenvalue weighted by Crippen LogP contribution is 2.36. The number of thiophene rings is 1. The van der Waals surface area contributed by atoms with E-state index in [0.29, 0.717) is 18.1 Å². The minimum atomic E-state index is -0.0506. The van der Waals surface area contributed by atoms with Crippen molar-refractivity contribution in [1.82, 2.24) is 10.6 Å². The van der Waals surface area contributed by atoms with Crippen LogP contribution in [0.3, 0.4) is 0 Å². The van der Waals surface area contributed by atoms with Crippen molar-refractivity contribution in [2.75, 3.05) is 23.8 Å². The van der Waals surface area contributed by atoms with Crippen LogP contribution in [-0.2, 0) is 12.0 Å². The molecule has 3 aromatic rings. The summed E-state index contributed by atoms with van der Waals surface area (Å²) in [5.41, 5.74) is 4.50. The highest BCUT2D eigenvalue weighted by Gasteiger charge is 2.19. The average Bonchev–Trinajstić information content (AvgIpc) is 3.21. The van der Waals surface area contributed by atoms with E-state index >= 15 is 0 Å². The van der Waals surface area contributed by atoms with Crippen LogP contribution in [0.15, 0.2) is 47.5 Å². The zero-order chi connectivity index (χ0) is 22.7. The quantitative estimate of drug-likeness (QED) is 0.305. The maximum atomic E-state index is 12.6. The molecule has 0 saturated carbocycles. The molecule has 1 aromatic heterocycles. The van der Waals surface area contributed by atoms with Crippen LogP contribution in [0.5, 0.6) is 0 Å². The smallest absolute Gasteiger partial charge is 0.262 e. The van der Waals surface area contributed by atoms with Crippen molar-refractivity contribution in [3.8, 4) is 0 Å². The zero-order valence-corrected chi connectivity index (χ0v) is 20.0. The first kappa shape index (κ1) is 22.3. The summed E-state index contributed by atoms with van der Waals surface area (Å²) in [6.07, 6.45) is 1.04. The molecule has 168 valence electrons. The van der Waals surface area contributed by atoms with Gasteiger partial charge in [-0.2, -0.15) is 0 Å². The number of nitrogens with one attached hydrogen (secondary N) is 4. The third kappa shape index (κ3) is 4.95. The van der Waals surface area contributed by atoms with Gasteiger partial charge in [0.25, 0.3) is 5.91 Å². The second kappa shape index (κ2) is 9.30. The number of carbonyl (C=O) groups is 1. The molecule has 0 bridgehead atoms. The van der Waals surface area contributed by atoms with Crippen LogP contribution in [-0.4, -0.2) is 25.1 Å². The minimum Gasteiger partial charge on any atom is -0.339 e. The van der Waals surface area contributed by atoms with E-state index in [0.717, 1.165) is 45.9 Å². The number of guanidine groups is 1. The summed E-state index contributed by atoms with van der Waals surface area (Å²) >= 11 is 1.51. The second-order valence-electron chi connectivity index (χ2n) is 9.05. The van der Waals surface area contributed by atoms with E-state index in [1.165, 1.54) is 16.9 Å². The van der Waals surface area contributed by atoms with Crippen molar-refractivity contribution >= 4 is 44.7 Å². The summed E-state index contributed by atoms with van der Waals surface area (Å²) < 4.78 is 1.08. The highest BCUT2D eigenvalue weighted by molar-refractivity contribution is 7.20. The van der Waals surface area contributed by atoms with Gasteiger partial charge in [0, 0.05) is 15.8 Å². The number of amides is 1. The van der Waals surface area contributed by atoms with Gasteiger partial charge < -0.3 is 16.0 Å². The molecule has 6 nitrogen and oxygen atoms in total. The number of carbonyl (C=O) groups excluding carboxylic acids is 1. The SMILES string of the molecule is CCCNCNC(=O)c1cc2c3c(ccc2s1)CN=C(Nc1cccc(C(C)(C)C)c1)N3. The van der Waals surface area contributed by atoms with Gasteiger partial charge in [-0.25, -0.2) is 4.99 Å². The molecule has 1 aliphatic rings. The Bertz CT molecular complexity index is 1160. The van der Waals surface area contributed by atoms with Crippen LogP contribution in [0.25, 0.3) is 10.1 Å². The number of benzene rings is 2. The lowest BCUT2D eigenvalue weighted by atomic mass is 9.87. The number of nitrogens with zero attached hydrogens (tertiary/aromatic N) is 1. The normalized spacial score (nSPS) is 13.3. The van der Waals surface area contributed by atoms with E-state index < -0.39 is 0 Å². The van der Waals surface area contributed by atoms with Gasteiger partial charge in [-0.15, -0.1) is 11.3 Å². The second-order valence-corrected chi connectivity index (χ2v) is 10.1. The molecule has 0 atom stereocenters. The molecule has 1 amide bonds. The van der Waals surface area contributed by atoms with Crippen LogP contribution in [0.1, 0.15) is 54.9 Å². The Morgan fingerprint density at radius 3 is 2.81 bits per heavy atom. The van der Waals surface area contributed by atoms with Gasteiger partial charge >= 0.3 is 0 Å². The summed E-state index contributed by atoms with van der Waals surface area (Å²) in [7, 11) is 0. The molecule has 2 heterocycles. The van der Waals surface area contributed by atoms with Gasteiger partial charge in [0.05, 0.1) is 23.8 Å². The number of anilines is 2. The summed E-state index contributed by atoms with van der Waals surface area (Å²) in [6, 6.07) is 14.6. The van der Waals surface area contributed by atoms with Crippen molar-refractivity contribution in [2.45, 2.75) is 46.1 Å². The molecule has 1 aliphatic heterocycles. The molecule has 0 saturated heterocycles. The minimum absolute atomic E-state index is 0.0506. The van der Waals surface area contributed by atoms with E-state index in [2.05, 4.69) is 90.4 Å². The summed E-state index contributed by atoms with van der Waals surface area (Å²) in [5.74, 6) is 0.669. The van der Waals surface area contributed by atoms with Crippen LogP contribution in [0.2, 0.25) is 0 Å². The average molecular weight is 450 g/mol. The topological polar surface area (TPSA) is 77.5 Å². The van der Waals surface area contributed by atoms with E-state index in [1.807, 2.05) is 6.07 Å². The predicted octanol–water partition coefficient (Wildman–Crippen LogP) is 5.28. The standard InChI is InChI=1S/C25H31N5OS/c1-5-11-26-15-28-23(31)21-13-19-20(32-21)10-9-16-14-27-24(30-22(16)19)29-18-8-6-7-17(12-18)25(2,3)4/h6-10,12-13,26H,5,11,14-15H2,1-4H3,(H,28,31)(H2,27,29,30). The van der Waals surface area contributed by atoms with Crippen LogP contribution in [0.4, 0.5) is 11.4 Å². The Morgan fingerprint density at radius 2 is 2.03 bits per heavy atom. The molecule has 0 radical (unpaired) electrons. The Kier molecular flexibility index (Phi) is 6.48. The Morgan fingerprint density at radius 1 is 1.19 bits per heavy atom. The third-order valence-corrected chi connectivity index (χ3v) is 6.55. The first-order valence-electron chi connectivity index (χ1n) is 11.1. The van der Waals surface area contributed by atoms with Gasteiger partial charge in [0.2, 0.25) is 5.96 Å². The van der Waals surface area contributed by atoms with E-state index in [9.17, 15) is 4.79 Å². The first-order chi connectivity index (χ1) is 15.3. The lowest BCUT2D eigenvalue weighted by Crippen LogP contribution is -2.33. The molecular formula is C25H31N5OS. The predicted molar refractivity (Wildman–Crippen MR) is 136 cm³/mol. The molecule has 2 aromatic carbocycles. The number of aliphatic imine (C=N–C) groups is 1. The fourth-order valence-corrected chi connectivity index (χ4v) is 4.62. The molecule has 0 aliphatic carbocycles. The number of rotatable bonds is 6. The summed E-state index contributed by atoms with van der Waals surface area (Å²) in [5, 5.41) is 14.1. The third-order valence-electron chi connectivity index (χ3n) is 5.45. The maximum Gasteiger partial charge on any atom is 0.262 e. The molecule has 0 unspecified atom stereocenters. The molecule has 4 rings (SSSR count). The number of hydrogen-bond donors (Lipinski definition) is 4. The Hall–Kier alpha value is -2.90. The molecule has 0 spiro atoms. The van der Waals surface area contributed by atoms with Crippen molar-refractivity contribution in [3.05, 3.63) is 58.5 Å². The molecule has 0 fully saturated rings. The molecular weight excluding hydrogens is 418 g/mol. The van der Waals surface area contributed by atoms with Crippen molar-refractivity contribution in [3.63, 3.8) is 0 Å². The molecule has 7 heteroatoms. The lowest BCUT2D eigenvalue weighted by Gasteiger charge is -2.22. The van der Waals surface area contributed by atoms with Gasteiger partial charge in [0.15, 0.2) is 0 Å². The van der Waals surface area contributed by atoms with Crippen LogP contribution < -0.4 is 21.3 Å². The Labute approximate surface area is 193 Å². The fraction of sp³-hybridized carbons (Fsp3) is 0.360. The summed E-state index contributed by atoms with van der Waals surface area (Å²) in [4.78, 5) is 18.0. The van der Waals surface area contributed by atoms with Gasteiger partial charge in [-0.1, -0.05) is 45.9 Å². The zero-order valence-electron chi connectivity index (χ0n) is 19.1. The number of fused-ring (bicyclic) bond motifs is 3. The highest BCUT2D eigenvalue weighted by atomic mass is 32.1. The van der Waals surface area contributed by atoms with Crippen molar-refractivity contribution in [2.24, 2.45) is 4.99 Å². The maximum absolute atomic E-state index is 12.6. The van der Waals surface area contributed by atoms with Crippen LogP contribution in [0, 0.1) is 0 Å². The van der Waals surface area contributed by atoms with Crippen molar-refractivity contribution < 1.29 is 4.79 Å². The van der Waals surface area contributed by atoms with Crippen LogP contribution >= 0.6 is 11.3 Å². The molecule has 4 N–H and O–H groups in total. The van der Waals surface area contributed by atoms with Crippen molar-refractivity contribution in [1.29, 1.82) is 0 Å². The summed E-state index contributed by atoms with van der Waals surface area (Å²) in [6.45, 7) is 10.7. The fourth-order valence-electron chi connectivity index (χ4n) is 3.64. The van der Waals surface area contributed by atoms with Gasteiger partial charge in [-0.3, -0.25) is 10.1 Å². The first-order valence-corrected chi connectivity index (χ1v) is 11.9. The largest absolute Gasteiger partial charge is 0.339 e. The van der Waals surface area contributed by atoms with Gasteiger partial charge in [0.1, 0.15) is 0 Å². The van der Waals surface area contributed by atoms with E-state index in [4.69, 9.17) is 0 Å².